The summed E-state index contributed by atoms with van der Waals surface area (Å²) in [5.41, 5.74) is 0.414. The lowest BCUT2D eigenvalue weighted by Gasteiger charge is -2.10. The maximum atomic E-state index is 12.3. The standard InChI is InChI=1S/C15H11BrCl2N2O6S/c16-10-5-12(17)15(13(18)6-10)27(24,25)19-7-14(21)26-8-9-1-3-11(4-2-9)20(22)23/h1-6,19H,7-8H2. The summed E-state index contributed by atoms with van der Waals surface area (Å²) in [4.78, 5) is 21.4. The Labute approximate surface area is 172 Å². The van der Waals surface area contributed by atoms with E-state index in [-0.39, 0.29) is 27.2 Å². The summed E-state index contributed by atoms with van der Waals surface area (Å²) in [6.45, 7) is -0.809. The van der Waals surface area contributed by atoms with Crippen LogP contribution in [0.15, 0.2) is 45.8 Å². The van der Waals surface area contributed by atoms with E-state index in [1.165, 1.54) is 36.4 Å². The zero-order valence-electron chi connectivity index (χ0n) is 13.3. The number of non-ortho nitro benzene ring substituents is 1. The van der Waals surface area contributed by atoms with Crippen LogP contribution in [0.2, 0.25) is 10.0 Å². The SMILES string of the molecule is O=C(CNS(=O)(=O)c1c(Cl)cc(Br)cc1Cl)OCc1ccc([N+](=O)[O-])cc1. The molecule has 2 aromatic carbocycles. The number of ether oxygens (including phenoxy) is 1. The second kappa shape index (κ2) is 8.98. The molecule has 0 aromatic heterocycles. The number of nitro benzene ring substituents is 1. The van der Waals surface area contributed by atoms with Crippen LogP contribution in [-0.4, -0.2) is 25.9 Å². The summed E-state index contributed by atoms with van der Waals surface area (Å²) in [5.74, 6) is -0.846. The Bertz CT molecular complexity index is 959. The van der Waals surface area contributed by atoms with Crippen LogP contribution < -0.4 is 4.72 Å². The third-order valence-corrected chi connectivity index (χ3v) is 5.97. The first-order chi connectivity index (χ1) is 12.6. The average molecular weight is 498 g/mol. The number of sulfonamides is 1. The highest BCUT2D eigenvalue weighted by atomic mass is 79.9. The molecule has 0 radical (unpaired) electrons. The predicted octanol–water partition coefficient (Wildman–Crippen LogP) is 3.69. The summed E-state index contributed by atoms with van der Waals surface area (Å²) in [5, 5.41) is 10.4. The van der Waals surface area contributed by atoms with Crippen molar-refractivity contribution in [2.24, 2.45) is 0 Å². The highest BCUT2D eigenvalue weighted by Gasteiger charge is 2.23. The Morgan fingerprint density at radius 3 is 2.26 bits per heavy atom. The van der Waals surface area contributed by atoms with E-state index in [0.717, 1.165) is 0 Å². The van der Waals surface area contributed by atoms with Gasteiger partial charge in [-0.15, -0.1) is 0 Å². The second-order valence-electron chi connectivity index (χ2n) is 5.11. The van der Waals surface area contributed by atoms with Crippen LogP contribution in [0.1, 0.15) is 5.56 Å². The largest absolute Gasteiger partial charge is 0.460 e. The van der Waals surface area contributed by atoms with Gasteiger partial charge in [0.15, 0.2) is 0 Å². The maximum Gasteiger partial charge on any atom is 0.321 e. The maximum absolute atomic E-state index is 12.3. The van der Waals surface area contributed by atoms with E-state index in [1.54, 1.807) is 0 Å². The Morgan fingerprint density at radius 2 is 1.74 bits per heavy atom. The van der Waals surface area contributed by atoms with Gasteiger partial charge in [0.1, 0.15) is 18.0 Å². The van der Waals surface area contributed by atoms with Crippen LogP contribution in [0.3, 0.4) is 0 Å². The van der Waals surface area contributed by atoms with Crippen LogP contribution in [0.5, 0.6) is 0 Å². The number of nitrogens with one attached hydrogen (secondary N) is 1. The summed E-state index contributed by atoms with van der Waals surface area (Å²) in [6, 6.07) is 8.10. The zero-order valence-corrected chi connectivity index (χ0v) is 17.2. The van der Waals surface area contributed by atoms with Gasteiger partial charge in [-0.1, -0.05) is 39.1 Å². The summed E-state index contributed by atoms with van der Waals surface area (Å²) >= 11 is 15.0. The molecular formula is C15H11BrCl2N2O6S. The molecule has 144 valence electrons. The number of carbonyl (C=O) groups excluding carboxylic acids is 1. The highest BCUT2D eigenvalue weighted by Crippen LogP contribution is 2.32. The monoisotopic (exact) mass is 496 g/mol. The Hall–Kier alpha value is -1.72. The first-order valence-corrected chi connectivity index (χ1v) is 10.2. The fourth-order valence-corrected chi connectivity index (χ4v) is 4.84. The molecule has 0 amide bonds. The molecule has 2 rings (SSSR count). The van der Waals surface area contributed by atoms with Crippen LogP contribution in [0.4, 0.5) is 5.69 Å². The van der Waals surface area contributed by atoms with Crippen LogP contribution in [0, 0.1) is 10.1 Å². The molecule has 0 unspecified atom stereocenters. The van der Waals surface area contributed by atoms with Gasteiger partial charge in [0.25, 0.3) is 5.69 Å². The Balaban J connectivity index is 1.96. The topological polar surface area (TPSA) is 116 Å². The molecule has 0 aliphatic rings. The van der Waals surface area contributed by atoms with Gasteiger partial charge < -0.3 is 4.74 Å². The lowest BCUT2D eigenvalue weighted by atomic mass is 10.2. The fraction of sp³-hybridized carbons (Fsp3) is 0.133. The number of carbonyl (C=O) groups is 1. The van der Waals surface area contributed by atoms with E-state index < -0.39 is 27.5 Å². The van der Waals surface area contributed by atoms with Crippen molar-refractivity contribution in [2.75, 3.05) is 6.54 Å². The van der Waals surface area contributed by atoms with Crippen molar-refractivity contribution in [3.05, 3.63) is 66.6 Å². The molecular weight excluding hydrogens is 487 g/mol. The second-order valence-corrected chi connectivity index (χ2v) is 8.54. The number of nitrogens with zero attached hydrogens (tertiary/aromatic N) is 1. The van der Waals surface area contributed by atoms with Crippen molar-refractivity contribution in [3.8, 4) is 0 Å². The molecule has 12 heteroatoms. The molecule has 27 heavy (non-hydrogen) atoms. The van der Waals surface area contributed by atoms with E-state index in [2.05, 4.69) is 20.7 Å². The molecule has 0 aliphatic carbocycles. The number of esters is 1. The van der Waals surface area contributed by atoms with Crippen molar-refractivity contribution < 1.29 is 22.9 Å². The molecule has 0 bridgehead atoms. The number of rotatable bonds is 7. The van der Waals surface area contributed by atoms with Gasteiger partial charge in [-0.2, -0.15) is 4.72 Å². The number of nitro groups is 1. The minimum absolute atomic E-state index is 0.0962. The van der Waals surface area contributed by atoms with Gasteiger partial charge >= 0.3 is 5.97 Å². The minimum Gasteiger partial charge on any atom is -0.460 e. The summed E-state index contributed by atoms with van der Waals surface area (Å²) in [7, 11) is -4.14. The molecule has 0 heterocycles. The summed E-state index contributed by atoms with van der Waals surface area (Å²) in [6.07, 6.45) is 0. The molecule has 2 aromatic rings. The van der Waals surface area contributed by atoms with Gasteiger partial charge in [0, 0.05) is 16.6 Å². The molecule has 0 saturated carbocycles. The molecule has 0 atom stereocenters. The lowest BCUT2D eigenvalue weighted by Crippen LogP contribution is -2.31. The van der Waals surface area contributed by atoms with Crippen molar-refractivity contribution in [3.63, 3.8) is 0 Å². The Morgan fingerprint density at radius 1 is 1.19 bits per heavy atom. The van der Waals surface area contributed by atoms with E-state index >= 15 is 0 Å². The molecule has 0 spiro atoms. The summed E-state index contributed by atoms with van der Waals surface area (Å²) < 4.78 is 32.1. The van der Waals surface area contributed by atoms with Crippen LogP contribution in [0.25, 0.3) is 0 Å². The normalized spacial score (nSPS) is 11.2. The highest BCUT2D eigenvalue weighted by molar-refractivity contribution is 9.10. The van der Waals surface area contributed by atoms with E-state index in [1.807, 2.05) is 0 Å². The van der Waals surface area contributed by atoms with Crippen molar-refractivity contribution in [1.82, 2.24) is 4.72 Å². The van der Waals surface area contributed by atoms with Crippen LogP contribution >= 0.6 is 39.1 Å². The van der Waals surface area contributed by atoms with Crippen molar-refractivity contribution in [1.29, 1.82) is 0 Å². The van der Waals surface area contributed by atoms with Crippen LogP contribution in [-0.2, 0) is 26.2 Å². The van der Waals surface area contributed by atoms with E-state index in [0.29, 0.717) is 10.0 Å². The minimum atomic E-state index is -4.14. The van der Waals surface area contributed by atoms with Crippen molar-refractivity contribution >= 4 is 60.8 Å². The fourth-order valence-electron chi connectivity index (χ4n) is 1.94. The lowest BCUT2D eigenvalue weighted by molar-refractivity contribution is -0.384. The molecule has 0 saturated heterocycles. The number of hydrogen-bond acceptors (Lipinski definition) is 6. The van der Waals surface area contributed by atoms with E-state index in [4.69, 9.17) is 27.9 Å². The predicted molar refractivity (Wildman–Crippen MR) is 102 cm³/mol. The number of benzene rings is 2. The molecule has 0 fully saturated rings. The first-order valence-electron chi connectivity index (χ1n) is 7.13. The third-order valence-electron chi connectivity index (χ3n) is 3.19. The molecule has 8 nitrogen and oxygen atoms in total. The first kappa shape index (κ1) is 21.6. The Kier molecular flexibility index (Phi) is 7.18. The molecule has 0 aliphatic heterocycles. The van der Waals surface area contributed by atoms with Gasteiger partial charge in [-0.05, 0) is 29.8 Å². The number of hydrogen-bond donors (Lipinski definition) is 1. The van der Waals surface area contributed by atoms with Gasteiger partial charge in [-0.3, -0.25) is 14.9 Å². The van der Waals surface area contributed by atoms with Gasteiger partial charge in [-0.25, -0.2) is 8.42 Å². The quantitative estimate of drug-likeness (QED) is 0.354. The zero-order chi connectivity index (χ0) is 20.2. The van der Waals surface area contributed by atoms with Crippen molar-refractivity contribution in [2.45, 2.75) is 11.5 Å². The van der Waals surface area contributed by atoms with Gasteiger partial charge in [0.2, 0.25) is 10.0 Å². The number of halogens is 3. The van der Waals surface area contributed by atoms with E-state index in [9.17, 15) is 23.3 Å². The van der Waals surface area contributed by atoms with Gasteiger partial charge in [0.05, 0.1) is 15.0 Å². The smallest absolute Gasteiger partial charge is 0.321 e. The molecule has 1 N–H and O–H groups in total. The third kappa shape index (κ3) is 5.88. The average Bonchev–Trinajstić information content (AvgIpc) is 2.57.